The second-order valence-corrected chi connectivity index (χ2v) is 11.0. The lowest BCUT2D eigenvalue weighted by atomic mass is 10.1. The molecule has 0 amide bonds. The van der Waals surface area contributed by atoms with Crippen LogP contribution in [0.5, 0.6) is 0 Å². The van der Waals surface area contributed by atoms with Crippen molar-refractivity contribution in [2.75, 3.05) is 19.7 Å². The molecular formula is C11H22N2OSi. The van der Waals surface area contributed by atoms with Gasteiger partial charge in [0.05, 0.1) is 14.6 Å². The molecule has 0 aromatic rings. The predicted octanol–water partition coefficient (Wildman–Crippen LogP) is 2.10. The first-order chi connectivity index (χ1) is 7.09. The molecule has 15 heavy (non-hydrogen) atoms. The molecule has 0 spiro atoms. The van der Waals surface area contributed by atoms with Gasteiger partial charge < -0.3 is 9.64 Å². The number of amidine groups is 1. The molecule has 0 aliphatic carbocycles. The third-order valence-corrected chi connectivity index (χ3v) is 5.92. The summed E-state index contributed by atoms with van der Waals surface area (Å²) in [6.45, 7) is 10.1. The van der Waals surface area contributed by atoms with E-state index in [0.29, 0.717) is 0 Å². The number of aliphatic imine (C=N–C) groups is 1. The van der Waals surface area contributed by atoms with Crippen molar-refractivity contribution >= 4 is 14.1 Å². The fraction of sp³-hybridized carbons (Fsp3) is 0.909. The molecule has 2 rings (SSSR count). The fourth-order valence-electron chi connectivity index (χ4n) is 2.56. The molecule has 86 valence electrons. The van der Waals surface area contributed by atoms with E-state index in [9.17, 15) is 0 Å². The number of hydrogen-bond donors (Lipinski definition) is 0. The van der Waals surface area contributed by atoms with Crippen LogP contribution in [0.3, 0.4) is 0 Å². The van der Waals surface area contributed by atoms with Gasteiger partial charge in [0.25, 0.3) is 6.02 Å². The highest BCUT2D eigenvalue weighted by Crippen LogP contribution is 2.26. The Hall–Kier alpha value is -0.513. The van der Waals surface area contributed by atoms with E-state index >= 15 is 0 Å². The van der Waals surface area contributed by atoms with Crippen LogP contribution in [-0.4, -0.2) is 44.4 Å². The molecule has 0 unspecified atom stereocenters. The lowest BCUT2D eigenvalue weighted by Crippen LogP contribution is -2.55. The van der Waals surface area contributed by atoms with Crippen LogP contribution in [0.1, 0.15) is 19.3 Å². The van der Waals surface area contributed by atoms with Crippen molar-refractivity contribution in [3.8, 4) is 0 Å². The van der Waals surface area contributed by atoms with Crippen molar-refractivity contribution in [2.45, 2.75) is 44.6 Å². The Morgan fingerprint density at radius 1 is 1.33 bits per heavy atom. The van der Waals surface area contributed by atoms with E-state index in [4.69, 9.17) is 4.74 Å². The van der Waals surface area contributed by atoms with E-state index in [-0.39, 0.29) is 0 Å². The summed E-state index contributed by atoms with van der Waals surface area (Å²) in [6.07, 6.45) is 4.00. The second-order valence-electron chi connectivity index (χ2n) is 5.58. The van der Waals surface area contributed by atoms with E-state index in [1.165, 1.54) is 19.3 Å². The van der Waals surface area contributed by atoms with Crippen molar-refractivity contribution in [3.05, 3.63) is 0 Å². The number of hydrogen-bond acceptors (Lipinski definition) is 3. The Bertz CT molecular complexity index is 260. The van der Waals surface area contributed by atoms with Gasteiger partial charge in [-0.15, -0.1) is 0 Å². The van der Waals surface area contributed by atoms with Crippen LogP contribution in [0, 0.1) is 0 Å². The van der Waals surface area contributed by atoms with Crippen LogP contribution in [0.2, 0.25) is 19.6 Å². The highest BCUT2D eigenvalue weighted by atomic mass is 28.3. The Kier molecular flexibility index (Phi) is 3.05. The Morgan fingerprint density at radius 2 is 2.13 bits per heavy atom. The molecule has 2 aliphatic rings. The fourth-order valence-corrected chi connectivity index (χ4v) is 4.80. The number of likely N-dealkylation sites (tertiary alicyclic amines) is 1. The third kappa shape index (κ3) is 2.36. The second kappa shape index (κ2) is 4.16. The minimum Gasteiger partial charge on any atom is -0.463 e. The summed E-state index contributed by atoms with van der Waals surface area (Å²) < 4.78 is 5.62. The van der Waals surface area contributed by atoms with Gasteiger partial charge >= 0.3 is 0 Å². The van der Waals surface area contributed by atoms with Crippen molar-refractivity contribution < 1.29 is 4.74 Å². The maximum Gasteiger partial charge on any atom is 0.287 e. The average molecular weight is 226 g/mol. The topological polar surface area (TPSA) is 24.8 Å². The standard InChI is InChI=1S/C11H22N2OSi/c1-15(2,3)10-6-4-5-8-13(10)11-12-7-9-14-11/h10H,4-9H2,1-3H3/t10-/m0/s1. The molecule has 0 N–H and O–H groups in total. The summed E-state index contributed by atoms with van der Waals surface area (Å²) in [5, 5.41) is 0. The Morgan fingerprint density at radius 3 is 2.73 bits per heavy atom. The molecule has 0 aromatic carbocycles. The van der Waals surface area contributed by atoms with E-state index in [1.807, 2.05) is 0 Å². The number of rotatable bonds is 1. The van der Waals surface area contributed by atoms with Gasteiger partial charge in [0, 0.05) is 12.2 Å². The smallest absolute Gasteiger partial charge is 0.287 e. The molecule has 2 aliphatic heterocycles. The molecule has 4 heteroatoms. The zero-order valence-corrected chi connectivity index (χ0v) is 11.1. The monoisotopic (exact) mass is 226 g/mol. The SMILES string of the molecule is C[Si](C)(C)[C@H]1CCCCN1C1=NCCO1. The van der Waals surface area contributed by atoms with Gasteiger partial charge in [-0.05, 0) is 19.3 Å². The highest BCUT2D eigenvalue weighted by Gasteiger charge is 2.36. The summed E-state index contributed by atoms with van der Waals surface area (Å²) in [4.78, 5) is 6.91. The average Bonchev–Trinajstić information content (AvgIpc) is 2.69. The number of piperidine rings is 1. The lowest BCUT2D eigenvalue weighted by molar-refractivity contribution is 0.217. The molecule has 3 nitrogen and oxygen atoms in total. The molecule has 0 bridgehead atoms. The maximum atomic E-state index is 5.62. The largest absolute Gasteiger partial charge is 0.463 e. The summed E-state index contributed by atoms with van der Waals surface area (Å²) >= 11 is 0. The van der Waals surface area contributed by atoms with Crippen molar-refractivity contribution in [2.24, 2.45) is 4.99 Å². The molecule has 2 heterocycles. The molecule has 0 radical (unpaired) electrons. The van der Waals surface area contributed by atoms with Crippen LogP contribution in [0.4, 0.5) is 0 Å². The molecule has 1 fully saturated rings. The molecule has 0 aromatic heterocycles. The molecule has 0 saturated carbocycles. The highest BCUT2D eigenvalue weighted by molar-refractivity contribution is 6.77. The number of ether oxygens (including phenoxy) is 1. The lowest BCUT2D eigenvalue weighted by Gasteiger charge is -2.42. The summed E-state index contributed by atoms with van der Waals surface area (Å²) in [6, 6.07) is 0.933. The van der Waals surface area contributed by atoms with Gasteiger partial charge in [-0.2, -0.15) is 0 Å². The van der Waals surface area contributed by atoms with Gasteiger partial charge in [0.1, 0.15) is 6.61 Å². The Labute approximate surface area is 93.5 Å². The maximum absolute atomic E-state index is 5.62. The quantitative estimate of drug-likeness (QED) is 0.640. The summed E-state index contributed by atoms with van der Waals surface area (Å²) in [5.74, 6) is 0. The first-order valence-corrected chi connectivity index (χ1v) is 9.60. The molecule has 1 atom stereocenters. The first kappa shape index (κ1) is 11.0. The van der Waals surface area contributed by atoms with Crippen LogP contribution in [0.15, 0.2) is 4.99 Å². The van der Waals surface area contributed by atoms with Crippen molar-refractivity contribution in [3.63, 3.8) is 0 Å². The van der Waals surface area contributed by atoms with Crippen LogP contribution in [0.25, 0.3) is 0 Å². The van der Waals surface area contributed by atoms with E-state index in [1.54, 1.807) is 0 Å². The normalized spacial score (nSPS) is 27.5. The van der Waals surface area contributed by atoms with Crippen LogP contribution >= 0.6 is 0 Å². The van der Waals surface area contributed by atoms with E-state index in [2.05, 4.69) is 29.5 Å². The van der Waals surface area contributed by atoms with Gasteiger partial charge in [-0.25, -0.2) is 4.99 Å². The van der Waals surface area contributed by atoms with Gasteiger partial charge in [0.2, 0.25) is 0 Å². The third-order valence-electron chi connectivity index (χ3n) is 3.32. The van der Waals surface area contributed by atoms with Gasteiger partial charge in [-0.3, -0.25) is 0 Å². The van der Waals surface area contributed by atoms with E-state index < -0.39 is 8.07 Å². The minimum atomic E-state index is -1.12. The van der Waals surface area contributed by atoms with Gasteiger partial charge in [-0.1, -0.05) is 19.6 Å². The predicted molar refractivity (Wildman–Crippen MR) is 65.9 cm³/mol. The van der Waals surface area contributed by atoms with Gasteiger partial charge in [0.15, 0.2) is 0 Å². The molecular weight excluding hydrogens is 204 g/mol. The van der Waals surface area contributed by atoms with Crippen molar-refractivity contribution in [1.29, 1.82) is 0 Å². The van der Waals surface area contributed by atoms with Crippen LogP contribution < -0.4 is 0 Å². The zero-order valence-electron chi connectivity index (χ0n) is 10.1. The van der Waals surface area contributed by atoms with Crippen LogP contribution in [-0.2, 0) is 4.74 Å². The molecule has 1 saturated heterocycles. The Balaban J connectivity index is 2.12. The van der Waals surface area contributed by atoms with Crippen molar-refractivity contribution in [1.82, 2.24) is 4.90 Å². The minimum absolute atomic E-state index is 0.725. The summed E-state index contributed by atoms with van der Waals surface area (Å²) in [5.41, 5.74) is 0.725. The zero-order chi connectivity index (χ0) is 10.9. The summed E-state index contributed by atoms with van der Waals surface area (Å²) in [7, 11) is -1.12. The van der Waals surface area contributed by atoms with E-state index in [0.717, 1.165) is 31.4 Å². The first-order valence-electron chi connectivity index (χ1n) is 6.03. The number of nitrogens with zero attached hydrogens (tertiary/aromatic N) is 2.